The highest BCUT2D eigenvalue weighted by Gasteiger charge is 2.02. The van der Waals surface area contributed by atoms with Crippen molar-refractivity contribution in [3.63, 3.8) is 0 Å². The molecule has 0 bridgehead atoms. The standard InChI is InChI=1S/C11H16O2/c1-3-10(12)8-9-4-6-11(13-2)7-5-9/h4-7,10,12H,3,8H2,1-2H3. The molecule has 13 heavy (non-hydrogen) atoms. The van der Waals surface area contributed by atoms with Crippen molar-refractivity contribution in [1.29, 1.82) is 0 Å². The summed E-state index contributed by atoms with van der Waals surface area (Å²) in [5, 5.41) is 9.41. The van der Waals surface area contributed by atoms with Crippen LogP contribution in [0.1, 0.15) is 18.9 Å². The summed E-state index contributed by atoms with van der Waals surface area (Å²) in [6.07, 6.45) is 1.29. The Morgan fingerprint density at radius 2 is 1.92 bits per heavy atom. The maximum Gasteiger partial charge on any atom is 0.118 e. The molecule has 0 radical (unpaired) electrons. The summed E-state index contributed by atoms with van der Waals surface area (Å²) < 4.78 is 5.04. The van der Waals surface area contributed by atoms with Crippen LogP contribution in [-0.4, -0.2) is 18.3 Å². The van der Waals surface area contributed by atoms with Gasteiger partial charge in [0, 0.05) is 0 Å². The number of methoxy groups -OCH3 is 1. The third-order valence-corrected chi connectivity index (χ3v) is 2.10. The van der Waals surface area contributed by atoms with Crippen LogP contribution in [0.5, 0.6) is 5.75 Å². The highest BCUT2D eigenvalue weighted by molar-refractivity contribution is 5.27. The van der Waals surface area contributed by atoms with Crippen LogP contribution in [0.4, 0.5) is 0 Å². The molecular formula is C11H16O2. The first-order chi connectivity index (χ1) is 6.26. The highest BCUT2D eigenvalue weighted by atomic mass is 16.5. The minimum Gasteiger partial charge on any atom is -0.497 e. The first-order valence-corrected chi connectivity index (χ1v) is 4.57. The molecule has 0 aromatic heterocycles. The second-order valence-electron chi connectivity index (χ2n) is 3.11. The van der Waals surface area contributed by atoms with E-state index in [0.717, 1.165) is 24.2 Å². The van der Waals surface area contributed by atoms with Gasteiger partial charge in [-0.1, -0.05) is 19.1 Å². The number of aliphatic hydroxyl groups excluding tert-OH is 1. The summed E-state index contributed by atoms with van der Waals surface area (Å²) >= 11 is 0. The van der Waals surface area contributed by atoms with Gasteiger partial charge < -0.3 is 9.84 Å². The van der Waals surface area contributed by atoms with Crippen molar-refractivity contribution in [2.75, 3.05) is 7.11 Å². The monoisotopic (exact) mass is 180 g/mol. The Hall–Kier alpha value is -1.02. The normalized spacial score (nSPS) is 12.5. The molecule has 0 saturated heterocycles. The number of aliphatic hydroxyl groups is 1. The first kappa shape index (κ1) is 10.1. The Kier molecular flexibility index (Phi) is 3.77. The van der Waals surface area contributed by atoms with E-state index in [9.17, 15) is 5.11 Å². The Labute approximate surface area is 79.2 Å². The van der Waals surface area contributed by atoms with E-state index < -0.39 is 0 Å². The molecule has 2 heteroatoms. The molecule has 1 N–H and O–H groups in total. The molecule has 0 aliphatic heterocycles. The molecular weight excluding hydrogens is 164 g/mol. The van der Waals surface area contributed by atoms with Crippen LogP contribution < -0.4 is 4.74 Å². The van der Waals surface area contributed by atoms with Gasteiger partial charge in [-0.05, 0) is 30.5 Å². The van der Waals surface area contributed by atoms with E-state index in [4.69, 9.17) is 4.74 Å². The SMILES string of the molecule is CCC(O)Cc1ccc(OC)cc1. The Morgan fingerprint density at radius 1 is 1.31 bits per heavy atom. The smallest absolute Gasteiger partial charge is 0.118 e. The summed E-state index contributed by atoms with van der Waals surface area (Å²) in [6, 6.07) is 7.80. The van der Waals surface area contributed by atoms with E-state index in [2.05, 4.69) is 0 Å². The van der Waals surface area contributed by atoms with Crippen LogP contribution in [0, 0.1) is 0 Å². The zero-order valence-corrected chi connectivity index (χ0v) is 8.16. The molecule has 0 aliphatic rings. The lowest BCUT2D eigenvalue weighted by Gasteiger charge is -2.07. The van der Waals surface area contributed by atoms with E-state index in [1.54, 1.807) is 7.11 Å². The maximum absolute atomic E-state index is 9.41. The van der Waals surface area contributed by atoms with Crippen molar-refractivity contribution in [3.8, 4) is 5.75 Å². The van der Waals surface area contributed by atoms with Crippen LogP contribution in [0.15, 0.2) is 24.3 Å². The van der Waals surface area contributed by atoms with Gasteiger partial charge in [0.1, 0.15) is 5.75 Å². The molecule has 72 valence electrons. The van der Waals surface area contributed by atoms with E-state index in [1.807, 2.05) is 31.2 Å². The van der Waals surface area contributed by atoms with Crippen molar-refractivity contribution < 1.29 is 9.84 Å². The molecule has 1 aromatic rings. The van der Waals surface area contributed by atoms with Crippen molar-refractivity contribution in [2.45, 2.75) is 25.9 Å². The molecule has 2 nitrogen and oxygen atoms in total. The third kappa shape index (κ3) is 3.07. The highest BCUT2D eigenvalue weighted by Crippen LogP contribution is 2.13. The van der Waals surface area contributed by atoms with Gasteiger partial charge in [-0.15, -0.1) is 0 Å². The van der Waals surface area contributed by atoms with Gasteiger partial charge in [-0.2, -0.15) is 0 Å². The van der Waals surface area contributed by atoms with E-state index >= 15 is 0 Å². The van der Waals surface area contributed by atoms with Gasteiger partial charge in [-0.3, -0.25) is 0 Å². The van der Waals surface area contributed by atoms with Crippen molar-refractivity contribution in [3.05, 3.63) is 29.8 Å². The van der Waals surface area contributed by atoms with Crippen molar-refractivity contribution >= 4 is 0 Å². The topological polar surface area (TPSA) is 29.5 Å². The zero-order valence-electron chi connectivity index (χ0n) is 8.16. The molecule has 0 heterocycles. The number of rotatable bonds is 4. The minimum absolute atomic E-state index is 0.228. The molecule has 0 amide bonds. The van der Waals surface area contributed by atoms with Crippen LogP contribution in [0.2, 0.25) is 0 Å². The van der Waals surface area contributed by atoms with Crippen LogP contribution >= 0.6 is 0 Å². The molecule has 0 spiro atoms. The number of hydrogen-bond donors (Lipinski definition) is 1. The number of hydrogen-bond acceptors (Lipinski definition) is 2. The molecule has 1 rings (SSSR count). The molecule has 1 atom stereocenters. The second kappa shape index (κ2) is 4.87. The number of benzene rings is 1. The summed E-state index contributed by atoms with van der Waals surface area (Å²) in [5.74, 6) is 0.856. The van der Waals surface area contributed by atoms with Gasteiger partial charge in [0.05, 0.1) is 13.2 Å². The summed E-state index contributed by atoms with van der Waals surface area (Å²) in [5.41, 5.74) is 1.15. The lowest BCUT2D eigenvalue weighted by Crippen LogP contribution is -2.07. The van der Waals surface area contributed by atoms with Crippen LogP contribution in [0.25, 0.3) is 0 Å². The molecule has 0 fully saturated rings. The molecule has 0 saturated carbocycles. The fourth-order valence-electron chi connectivity index (χ4n) is 1.18. The van der Waals surface area contributed by atoms with Crippen LogP contribution in [0.3, 0.4) is 0 Å². The largest absolute Gasteiger partial charge is 0.497 e. The third-order valence-electron chi connectivity index (χ3n) is 2.10. The predicted molar refractivity (Wildman–Crippen MR) is 53.0 cm³/mol. The molecule has 1 aromatic carbocycles. The minimum atomic E-state index is -0.228. The lowest BCUT2D eigenvalue weighted by molar-refractivity contribution is 0.171. The molecule has 1 unspecified atom stereocenters. The number of ether oxygens (including phenoxy) is 1. The van der Waals surface area contributed by atoms with Gasteiger partial charge in [0.15, 0.2) is 0 Å². The van der Waals surface area contributed by atoms with E-state index in [0.29, 0.717) is 0 Å². The average molecular weight is 180 g/mol. The second-order valence-corrected chi connectivity index (χ2v) is 3.11. The Balaban J connectivity index is 2.58. The fraction of sp³-hybridized carbons (Fsp3) is 0.455. The fourth-order valence-corrected chi connectivity index (χ4v) is 1.18. The maximum atomic E-state index is 9.41. The predicted octanol–water partition coefficient (Wildman–Crippen LogP) is 2.01. The van der Waals surface area contributed by atoms with Crippen LogP contribution in [-0.2, 0) is 6.42 Å². The summed E-state index contributed by atoms with van der Waals surface area (Å²) in [4.78, 5) is 0. The van der Waals surface area contributed by atoms with E-state index in [-0.39, 0.29) is 6.10 Å². The summed E-state index contributed by atoms with van der Waals surface area (Å²) in [7, 11) is 1.65. The quantitative estimate of drug-likeness (QED) is 0.768. The first-order valence-electron chi connectivity index (χ1n) is 4.57. The Bertz CT molecular complexity index is 241. The van der Waals surface area contributed by atoms with Gasteiger partial charge >= 0.3 is 0 Å². The van der Waals surface area contributed by atoms with Gasteiger partial charge in [0.25, 0.3) is 0 Å². The molecule has 0 aliphatic carbocycles. The zero-order chi connectivity index (χ0) is 9.68. The van der Waals surface area contributed by atoms with Gasteiger partial charge in [0.2, 0.25) is 0 Å². The average Bonchev–Trinajstić information content (AvgIpc) is 2.19. The summed E-state index contributed by atoms with van der Waals surface area (Å²) in [6.45, 7) is 1.98. The van der Waals surface area contributed by atoms with E-state index in [1.165, 1.54) is 0 Å². The lowest BCUT2D eigenvalue weighted by atomic mass is 10.1. The Morgan fingerprint density at radius 3 is 2.38 bits per heavy atom. The van der Waals surface area contributed by atoms with Gasteiger partial charge in [-0.25, -0.2) is 0 Å². The van der Waals surface area contributed by atoms with Crippen molar-refractivity contribution in [1.82, 2.24) is 0 Å². The van der Waals surface area contributed by atoms with Crippen molar-refractivity contribution in [2.24, 2.45) is 0 Å².